The lowest BCUT2D eigenvalue weighted by Crippen LogP contribution is -2.27. The highest BCUT2D eigenvalue weighted by atomic mass is 16.3. The van der Waals surface area contributed by atoms with Gasteiger partial charge in [-0.1, -0.05) is 6.07 Å². The largest absolute Gasteiger partial charge is 0.508 e. The second-order valence-corrected chi connectivity index (χ2v) is 3.29. The molecule has 0 heterocycles. The molecule has 0 saturated carbocycles. The summed E-state index contributed by atoms with van der Waals surface area (Å²) >= 11 is 0. The molecule has 1 aromatic carbocycles. The zero-order valence-electron chi connectivity index (χ0n) is 8.01. The van der Waals surface area contributed by atoms with Gasteiger partial charge in [0.2, 0.25) is 0 Å². The van der Waals surface area contributed by atoms with E-state index in [0.29, 0.717) is 5.56 Å². The van der Waals surface area contributed by atoms with E-state index in [0.717, 1.165) is 5.56 Å². The smallest absolute Gasteiger partial charge is 0.115 e. The van der Waals surface area contributed by atoms with Crippen LogP contribution in [0.1, 0.15) is 17.2 Å². The molecular weight excluding hydrogens is 182 g/mol. The monoisotopic (exact) mass is 197 g/mol. The van der Waals surface area contributed by atoms with Crippen LogP contribution in [0.25, 0.3) is 0 Å². The zero-order valence-corrected chi connectivity index (χ0v) is 8.01. The molecule has 0 amide bonds. The second-order valence-electron chi connectivity index (χ2n) is 3.29. The molecular formula is C10H15NO3. The van der Waals surface area contributed by atoms with Crippen molar-refractivity contribution < 1.29 is 15.3 Å². The van der Waals surface area contributed by atoms with E-state index in [1.807, 2.05) is 0 Å². The lowest BCUT2D eigenvalue weighted by molar-refractivity contribution is 0.0239. The third kappa shape index (κ3) is 2.23. The van der Waals surface area contributed by atoms with Gasteiger partial charge < -0.3 is 21.1 Å². The summed E-state index contributed by atoms with van der Waals surface area (Å²) in [5.74, 6) is 0.140. The molecule has 0 bridgehead atoms. The van der Waals surface area contributed by atoms with Gasteiger partial charge in [0.05, 0.1) is 6.10 Å². The first-order valence-corrected chi connectivity index (χ1v) is 4.42. The zero-order chi connectivity index (χ0) is 10.7. The third-order valence-corrected chi connectivity index (χ3v) is 2.18. The Bertz CT molecular complexity index is 314. The van der Waals surface area contributed by atoms with Gasteiger partial charge in [0, 0.05) is 6.54 Å². The average Bonchev–Trinajstić information content (AvgIpc) is 2.15. The van der Waals surface area contributed by atoms with E-state index < -0.39 is 12.2 Å². The molecule has 2 atom stereocenters. The minimum atomic E-state index is -0.999. The maximum absolute atomic E-state index is 9.65. The van der Waals surface area contributed by atoms with Crippen LogP contribution in [-0.4, -0.2) is 28.0 Å². The van der Waals surface area contributed by atoms with E-state index in [1.165, 1.54) is 12.1 Å². The molecule has 14 heavy (non-hydrogen) atoms. The fourth-order valence-electron chi connectivity index (χ4n) is 1.33. The third-order valence-electron chi connectivity index (χ3n) is 2.18. The van der Waals surface area contributed by atoms with Gasteiger partial charge in [0.1, 0.15) is 11.9 Å². The minimum Gasteiger partial charge on any atom is -0.508 e. The molecule has 0 aliphatic heterocycles. The van der Waals surface area contributed by atoms with Crippen LogP contribution in [0, 0.1) is 6.92 Å². The van der Waals surface area contributed by atoms with E-state index >= 15 is 0 Å². The molecule has 0 fully saturated rings. The molecule has 1 aromatic rings. The number of aryl methyl sites for hydroxylation is 1. The molecule has 1 rings (SSSR count). The van der Waals surface area contributed by atoms with Crippen LogP contribution in [0.4, 0.5) is 0 Å². The maximum atomic E-state index is 9.65. The molecule has 5 N–H and O–H groups in total. The SMILES string of the molecule is Cc1cc(O)ccc1C(O)C(O)CN. The van der Waals surface area contributed by atoms with E-state index in [1.54, 1.807) is 13.0 Å². The summed E-state index contributed by atoms with van der Waals surface area (Å²) < 4.78 is 0. The lowest BCUT2D eigenvalue weighted by Gasteiger charge is -2.18. The molecule has 4 nitrogen and oxygen atoms in total. The summed E-state index contributed by atoms with van der Waals surface area (Å²) in [5.41, 5.74) is 6.54. The van der Waals surface area contributed by atoms with Crippen molar-refractivity contribution in [3.8, 4) is 5.75 Å². The van der Waals surface area contributed by atoms with Crippen LogP contribution >= 0.6 is 0 Å². The first-order valence-electron chi connectivity index (χ1n) is 4.42. The first kappa shape index (κ1) is 11.0. The van der Waals surface area contributed by atoms with Crippen LogP contribution in [-0.2, 0) is 0 Å². The summed E-state index contributed by atoms with van der Waals surface area (Å²) in [6.45, 7) is 1.75. The lowest BCUT2D eigenvalue weighted by atomic mass is 9.99. The van der Waals surface area contributed by atoms with Gasteiger partial charge in [-0.15, -0.1) is 0 Å². The van der Waals surface area contributed by atoms with Crippen molar-refractivity contribution >= 4 is 0 Å². The predicted octanol–water partition coefficient (Wildman–Crippen LogP) is 0.0536. The van der Waals surface area contributed by atoms with Crippen molar-refractivity contribution in [3.63, 3.8) is 0 Å². The van der Waals surface area contributed by atoms with Crippen molar-refractivity contribution in [3.05, 3.63) is 29.3 Å². The summed E-state index contributed by atoms with van der Waals surface area (Å²) in [6.07, 6.45) is -1.97. The molecule has 4 heteroatoms. The Labute approximate surface area is 82.6 Å². The van der Waals surface area contributed by atoms with Crippen LogP contribution in [0.3, 0.4) is 0 Å². The molecule has 0 aliphatic rings. The van der Waals surface area contributed by atoms with Crippen LogP contribution < -0.4 is 5.73 Å². The van der Waals surface area contributed by atoms with E-state index in [9.17, 15) is 10.2 Å². The highest BCUT2D eigenvalue weighted by Crippen LogP contribution is 2.23. The van der Waals surface area contributed by atoms with Gasteiger partial charge in [0.25, 0.3) is 0 Å². The standard InChI is InChI=1S/C10H15NO3/c1-6-4-7(12)2-3-8(6)10(14)9(13)5-11/h2-4,9-10,12-14H,5,11H2,1H3. The van der Waals surface area contributed by atoms with Gasteiger partial charge in [0.15, 0.2) is 0 Å². The number of aliphatic hydroxyl groups is 2. The number of hydrogen-bond donors (Lipinski definition) is 4. The minimum absolute atomic E-state index is 0.00147. The number of rotatable bonds is 3. The highest BCUT2D eigenvalue weighted by Gasteiger charge is 2.18. The van der Waals surface area contributed by atoms with Crippen LogP contribution in [0.15, 0.2) is 18.2 Å². The number of hydrogen-bond acceptors (Lipinski definition) is 4. The van der Waals surface area contributed by atoms with Crippen LogP contribution in [0.5, 0.6) is 5.75 Å². The normalized spacial score (nSPS) is 15.1. The van der Waals surface area contributed by atoms with Crippen molar-refractivity contribution in [1.29, 1.82) is 0 Å². The number of phenols is 1. The van der Waals surface area contributed by atoms with E-state index in [2.05, 4.69) is 0 Å². The second kappa shape index (κ2) is 4.41. The first-order chi connectivity index (χ1) is 6.56. The molecule has 0 aromatic heterocycles. The Balaban J connectivity index is 2.95. The number of phenolic OH excluding ortho intramolecular Hbond substituents is 1. The molecule has 0 aliphatic carbocycles. The average molecular weight is 197 g/mol. The quantitative estimate of drug-likeness (QED) is 0.551. The Hall–Kier alpha value is -1.10. The topological polar surface area (TPSA) is 86.7 Å². The Morgan fingerprint density at radius 1 is 1.36 bits per heavy atom. The van der Waals surface area contributed by atoms with E-state index in [-0.39, 0.29) is 12.3 Å². The van der Waals surface area contributed by atoms with Gasteiger partial charge in [-0.2, -0.15) is 0 Å². The summed E-state index contributed by atoms with van der Waals surface area (Å²) in [6, 6.07) is 4.57. The fraction of sp³-hybridized carbons (Fsp3) is 0.400. The number of nitrogens with two attached hydrogens (primary N) is 1. The fourth-order valence-corrected chi connectivity index (χ4v) is 1.33. The van der Waals surface area contributed by atoms with Crippen molar-refractivity contribution in [2.75, 3.05) is 6.54 Å². The van der Waals surface area contributed by atoms with E-state index in [4.69, 9.17) is 10.8 Å². The molecule has 0 radical (unpaired) electrons. The number of aliphatic hydroxyl groups excluding tert-OH is 2. The molecule has 78 valence electrons. The summed E-state index contributed by atoms with van der Waals surface area (Å²) in [7, 11) is 0. The van der Waals surface area contributed by atoms with Crippen LogP contribution in [0.2, 0.25) is 0 Å². The van der Waals surface area contributed by atoms with Crippen molar-refractivity contribution in [2.24, 2.45) is 5.73 Å². The molecule has 0 spiro atoms. The Kier molecular flexibility index (Phi) is 3.46. The Morgan fingerprint density at radius 2 is 2.00 bits per heavy atom. The van der Waals surface area contributed by atoms with Crippen molar-refractivity contribution in [1.82, 2.24) is 0 Å². The summed E-state index contributed by atoms with van der Waals surface area (Å²) in [5, 5.41) is 28.1. The predicted molar refractivity (Wildman–Crippen MR) is 52.9 cm³/mol. The van der Waals surface area contributed by atoms with Gasteiger partial charge in [-0.25, -0.2) is 0 Å². The van der Waals surface area contributed by atoms with Gasteiger partial charge in [-0.3, -0.25) is 0 Å². The van der Waals surface area contributed by atoms with Gasteiger partial charge in [-0.05, 0) is 30.2 Å². The maximum Gasteiger partial charge on any atom is 0.115 e. The van der Waals surface area contributed by atoms with Gasteiger partial charge >= 0.3 is 0 Å². The molecule has 2 unspecified atom stereocenters. The number of aromatic hydroxyl groups is 1. The number of benzene rings is 1. The highest BCUT2D eigenvalue weighted by molar-refractivity contribution is 5.35. The van der Waals surface area contributed by atoms with Crippen molar-refractivity contribution in [2.45, 2.75) is 19.1 Å². The Morgan fingerprint density at radius 3 is 2.50 bits per heavy atom. The summed E-state index contributed by atoms with van der Waals surface area (Å²) in [4.78, 5) is 0. The molecule has 0 saturated heterocycles.